The summed E-state index contributed by atoms with van der Waals surface area (Å²) in [6.45, 7) is 0.966. The zero-order valence-electron chi connectivity index (χ0n) is 15.3. The summed E-state index contributed by atoms with van der Waals surface area (Å²) >= 11 is 0. The molecule has 2 fully saturated rings. The van der Waals surface area contributed by atoms with Gasteiger partial charge in [0.05, 0.1) is 0 Å². The fourth-order valence-electron chi connectivity index (χ4n) is 4.81. The van der Waals surface area contributed by atoms with Crippen molar-refractivity contribution >= 4 is 16.8 Å². The molecular weight excluding hydrogens is 336 g/mol. The van der Waals surface area contributed by atoms with Crippen LogP contribution in [0.3, 0.4) is 0 Å². The molecule has 2 N–H and O–H groups in total. The normalized spacial score (nSPS) is 25.0. The summed E-state index contributed by atoms with van der Waals surface area (Å²) in [5.41, 5.74) is 3.01. The maximum atomic E-state index is 12.7. The van der Waals surface area contributed by atoms with Crippen molar-refractivity contribution in [3.05, 3.63) is 66.1 Å². The molecule has 1 amide bonds. The summed E-state index contributed by atoms with van der Waals surface area (Å²) < 4.78 is 0. The van der Waals surface area contributed by atoms with E-state index in [9.17, 15) is 4.79 Å². The Morgan fingerprint density at radius 1 is 1.19 bits per heavy atom. The Balaban J connectivity index is 1.25. The van der Waals surface area contributed by atoms with Crippen LogP contribution >= 0.6 is 0 Å². The van der Waals surface area contributed by atoms with E-state index in [1.54, 1.807) is 0 Å². The molecule has 3 atom stereocenters. The van der Waals surface area contributed by atoms with E-state index in [0.29, 0.717) is 12.1 Å². The maximum absolute atomic E-state index is 12.7. The predicted molar refractivity (Wildman–Crippen MR) is 105 cm³/mol. The van der Waals surface area contributed by atoms with Crippen molar-refractivity contribution in [3.63, 3.8) is 0 Å². The molecule has 2 saturated heterocycles. The molecule has 0 aliphatic carbocycles. The lowest BCUT2D eigenvalue weighted by Crippen LogP contribution is -2.50. The fourth-order valence-corrected chi connectivity index (χ4v) is 4.81. The lowest BCUT2D eigenvalue weighted by Gasteiger charge is -2.39. The number of nitrogens with zero attached hydrogens (tertiary/aromatic N) is 2. The monoisotopic (exact) mass is 360 g/mol. The van der Waals surface area contributed by atoms with Gasteiger partial charge in [0, 0.05) is 54.3 Å². The third-order valence-electron chi connectivity index (χ3n) is 6.12. The average molecular weight is 360 g/mol. The molecular formula is C22H24N4O. The number of nitrogens with one attached hydrogen (secondary N) is 2. The molecule has 3 aromatic rings. The van der Waals surface area contributed by atoms with Crippen molar-refractivity contribution in [3.8, 4) is 0 Å². The highest BCUT2D eigenvalue weighted by Crippen LogP contribution is 2.36. The van der Waals surface area contributed by atoms with Gasteiger partial charge in [-0.2, -0.15) is 0 Å². The molecule has 5 rings (SSSR count). The second-order valence-electron chi connectivity index (χ2n) is 7.84. The van der Waals surface area contributed by atoms with Gasteiger partial charge in [-0.3, -0.25) is 14.7 Å². The number of fused-ring (bicyclic) bond motifs is 3. The highest BCUT2D eigenvalue weighted by atomic mass is 16.1. The molecule has 1 aromatic carbocycles. The highest BCUT2D eigenvalue weighted by molar-refractivity contribution is 5.98. The number of carbonyl (C=O) groups excluding carboxylic acids is 1. The van der Waals surface area contributed by atoms with Crippen LogP contribution in [0.5, 0.6) is 0 Å². The average Bonchev–Trinajstić information content (AvgIpc) is 3.24. The third-order valence-corrected chi connectivity index (χ3v) is 6.12. The zero-order chi connectivity index (χ0) is 18.2. The van der Waals surface area contributed by atoms with E-state index in [4.69, 9.17) is 0 Å². The van der Waals surface area contributed by atoms with Crippen molar-refractivity contribution in [1.82, 2.24) is 20.2 Å². The molecule has 2 aliphatic heterocycles. The van der Waals surface area contributed by atoms with Crippen LogP contribution < -0.4 is 5.32 Å². The van der Waals surface area contributed by atoms with Crippen LogP contribution in [0.1, 0.15) is 41.6 Å². The summed E-state index contributed by atoms with van der Waals surface area (Å²) in [4.78, 5) is 22.8. The number of amides is 1. The van der Waals surface area contributed by atoms with Gasteiger partial charge in [0.25, 0.3) is 5.91 Å². The third kappa shape index (κ3) is 3.23. The molecule has 2 bridgehead atoms. The largest absolute Gasteiger partial charge is 0.361 e. The van der Waals surface area contributed by atoms with Crippen LogP contribution in [-0.4, -0.2) is 38.9 Å². The molecule has 138 valence electrons. The van der Waals surface area contributed by atoms with Gasteiger partial charge in [-0.15, -0.1) is 0 Å². The van der Waals surface area contributed by atoms with Crippen LogP contribution in [0.25, 0.3) is 10.9 Å². The number of pyridine rings is 1. The molecule has 5 nitrogen and oxygen atoms in total. The lowest BCUT2D eigenvalue weighted by molar-refractivity contribution is 0.0827. The number of carbonyl (C=O) groups is 1. The lowest BCUT2D eigenvalue weighted by atomic mass is 9.96. The molecule has 4 heterocycles. The number of H-pyrrole nitrogens is 1. The Kier molecular flexibility index (Phi) is 4.17. The van der Waals surface area contributed by atoms with E-state index in [1.165, 1.54) is 18.4 Å². The summed E-state index contributed by atoms with van der Waals surface area (Å²) in [5, 5.41) is 4.42. The quantitative estimate of drug-likeness (QED) is 0.749. The number of aromatic amines is 1. The first-order valence-corrected chi connectivity index (χ1v) is 9.79. The number of rotatable bonds is 4. The molecule has 0 radical (unpaired) electrons. The maximum Gasteiger partial charge on any atom is 0.251 e. The van der Waals surface area contributed by atoms with Gasteiger partial charge in [0.15, 0.2) is 0 Å². The van der Waals surface area contributed by atoms with E-state index in [2.05, 4.69) is 26.3 Å². The number of aromatic nitrogens is 2. The Morgan fingerprint density at radius 3 is 2.81 bits per heavy atom. The highest BCUT2D eigenvalue weighted by Gasteiger charge is 2.40. The second kappa shape index (κ2) is 6.82. The summed E-state index contributed by atoms with van der Waals surface area (Å²) in [6, 6.07) is 13.4. The molecule has 2 aromatic heterocycles. The van der Waals surface area contributed by atoms with Gasteiger partial charge >= 0.3 is 0 Å². The Bertz CT molecular complexity index is 937. The van der Waals surface area contributed by atoms with Gasteiger partial charge in [0.2, 0.25) is 0 Å². The summed E-state index contributed by atoms with van der Waals surface area (Å²) in [5.74, 6) is 0.0385. The number of benzene rings is 1. The van der Waals surface area contributed by atoms with E-state index >= 15 is 0 Å². The Hall–Kier alpha value is -2.66. The molecule has 0 spiro atoms. The van der Waals surface area contributed by atoms with Crippen LogP contribution in [0.15, 0.2) is 55.0 Å². The number of hydrogen-bond donors (Lipinski definition) is 2. The van der Waals surface area contributed by atoms with Crippen LogP contribution in [0.2, 0.25) is 0 Å². The topological polar surface area (TPSA) is 61.0 Å². The smallest absolute Gasteiger partial charge is 0.251 e. The van der Waals surface area contributed by atoms with Crippen molar-refractivity contribution in [1.29, 1.82) is 0 Å². The predicted octanol–water partition coefficient (Wildman–Crippen LogP) is 3.49. The van der Waals surface area contributed by atoms with Crippen molar-refractivity contribution in [2.75, 3.05) is 0 Å². The fraction of sp³-hybridized carbons (Fsp3) is 0.364. The van der Waals surface area contributed by atoms with E-state index < -0.39 is 0 Å². The van der Waals surface area contributed by atoms with Crippen molar-refractivity contribution in [2.24, 2.45) is 0 Å². The SMILES string of the molecule is O=C(NC1C[C@H]2CC[C@@H](C1)N2Cc1cccnc1)c1ccc2cc[nH]c2c1. The molecule has 1 unspecified atom stereocenters. The van der Waals surface area contributed by atoms with Gasteiger partial charge in [0.1, 0.15) is 0 Å². The first-order chi connectivity index (χ1) is 13.3. The van der Waals surface area contributed by atoms with Crippen LogP contribution in [-0.2, 0) is 6.54 Å². The van der Waals surface area contributed by atoms with Gasteiger partial charge in [-0.1, -0.05) is 12.1 Å². The molecule has 0 saturated carbocycles. The standard InChI is InChI=1S/C22H24N4O/c27-22(17-4-3-16-7-9-24-21(16)10-17)25-18-11-19-5-6-20(12-18)26(19)14-15-2-1-8-23-13-15/h1-4,7-10,13,18-20,24H,5-6,11-12,14H2,(H,25,27)/t18?,19-,20+. The van der Waals surface area contributed by atoms with E-state index in [0.717, 1.165) is 35.9 Å². The van der Waals surface area contributed by atoms with Crippen LogP contribution in [0, 0.1) is 0 Å². The van der Waals surface area contributed by atoms with Crippen LogP contribution in [0.4, 0.5) is 0 Å². The van der Waals surface area contributed by atoms with Crippen molar-refractivity contribution < 1.29 is 4.79 Å². The first-order valence-electron chi connectivity index (χ1n) is 9.79. The van der Waals surface area contributed by atoms with Gasteiger partial charge in [-0.05, 0) is 60.9 Å². The zero-order valence-corrected chi connectivity index (χ0v) is 15.3. The molecule has 27 heavy (non-hydrogen) atoms. The van der Waals surface area contributed by atoms with Gasteiger partial charge in [-0.25, -0.2) is 0 Å². The van der Waals surface area contributed by atoms with Gasteiger partial charge < -0.3 is 10.3 Å². The first kappa shape index (κ1) is 16.5. The summed E-state index contributed by atoms with van der Waals surface area (Å²) in [6.07, 6.45) is 10.2. The molecule has 5 heteroatoms. The molecule has 2 aliphatic rings. The number of hydrogen-bond acceptors (Lipinski definition) is 3. The minimum absolute atomic E-state index is 0.0385. The minimum atomic E-state index is 0.0385. The summed E-state index contributed by atoms with van der Waals surface area (Å²) in [7, 11) is 0. The minimum Gasteiger partial charge on any atom is -0.361 e. The number of piperidine rings is 1. The Morgan fingerprint density at radius 2 is 2.04 bits per heavy atom. The Labute approximate surface area is 158 Å². The van der Waals surface area contributed by atoms with Crippen molar-refractivity contribution in [2.45, 2.75) is 50.4 Å². The van der Waals surface area contributed by atoms with E-state index in [1.807, 2.05) is 48.9 Å². The second-order valence-corrected chi connectivity index (χ2v) is 7.84. The van der Waals surface area contributed by atoms with E-state index in [-0.39, 0.29) is 11.9 Å².